The third kappa shape index (κ3) is 2.52. The molecule has 6 heteroatoms. The van der Waals surface area contributed by atoms with Gasteiger partial charge >= 0.3 is 7.75 Å². The maximum Gasteiger partial charge on any atom is 0.408 e. The molecule has 1 unspecified atom stereocenters. The Hall–Kier alpha value is -0.400. The molecule has 0 spiro atoms. The molecular formula is C7H13N2O3P. The molecule has 1 rings (SSSR count). The number of nitriles is 1. The van der Waals surface area contributed by atoms with Crippen LogP contribution in [0.2, 0.25) is 0 Å². The molecule has 0 bridgehead atoms. The van der Waals surface area contributed by atoms with Gasteiger partial charge in [-0.25, -0.2) is 9.24 Å². The van der Waals surface area contributed by atoms with Crippen molar-refractivity contribution in [2.24, 2.45) is 0 Å². The molecule has 1 aliphatic rings. The largest absolute Gasteiger partial charge is 0.408 e. The van der Waals surface area contributed by atoms with E-state index in [1.54, 1.807) is 11.6 Å². The molecule has 1 aliphatic heterocycles. The summed E-state index contributed by atoms with van der Waals surface area (Å²) in [6, 6.07) is 2.00. The first-order chi connectivity index (χ1) is 6.23. The Kier molecular flexibility index (Phi) is 3.89. The molecule has 5 nitrogen and oxygen atoms in total. The van der Waals surface area contributed by atoms with Crippen molar-refractivity contribution in [3.8, 4) is 6.07 Å². The first kappa shape index (κ1) is 10.7. The van der Waals surface area contributed by atoms with Crippen LogP contribution in [0.25, 0.3) is 0 Å². The third-order valence-corrected chi connectivity index (χ3v) is 3.91. The Bertz CT molecular complexity index is 251. The van der Waals surface area contributed by atoms with Crippen molar-refractivity contribution in [1.82, 2.24) is 4.67 Å². The lowest BCUT2D eigenvalue weighted by Gasteiger charge is -2.19. The molecular weight excluding hydrogens is 191 g/mol. The van der Waals surface area contributed by atoms with E-state index < -0.39 is 7.75 Å². The quantitative estimate of drug-likeness (QED) is 0.647. The summed E-state index contributed by atoms with van der Waals surface area (Å²) in [5.74, 6) is 0. The predicted molar refractivity (Wildman–Crippen MR) is 47.0 cm³/mol. The van der Waals surface area contributed by atoms with Crippen LogP contribution < -0.4 is 0 Å². The summed E-state index contributed by atoms with van der Waals surface area (Å²) < 4.78 is 23.5. The Balaban J connectivity index is 2.53. The van der Waals surface area contributed by atoms with Gasteiger partial charge in [0.05, 0.1) is 19.3 Å². The van der Waals surface area contributed by atoms with Gasteiger partial charge in [-0.05, 0) is 6.92 Å². The summed E-state index contributed by atoms with van der Waals surface area (Å²) in [5, 5.41) is 8.38. The highest BCUT2D eigenvalue weighted by atomic mass is 31.2. The van der Waals surface area contributed by atoms with Crippen molar-refractivity contribution in [2.45, 2.75) is 13.3 Å². The second kappa shape index (κ2) is 4.73. The number of rotatable bonds is 4. The fraction of sp³-hybridized carbons (Fsp3) is 0.857. The van der Waals surface area contributed by atoms with E-state index in [1.165, 1.54) is 0 Å². The summed E-state index contributed by atoms with van der Waals surface area (Å²) in [4.78, 5) is 0. The molecule has 0 amide bonds. The van der Waals surface area contributed by atoms with Gasteiger partial charge in [-0.2, -0.15) is 5.26 Å². The van der Waals surface area contributed by atoms with E-state index >= 15 is 0 Å². The second-order valence-electron chi connectivity index (χ2n) is 2.58. The lowest BCUT2D eigenvalue weighted by atomic mass is 10.4. The Morgan fingerprint density at radius 1 is 1.77 bits per heavy atom. The lowest BCUT2D eigenvalue weighted by Crippen LogP contribution is -2.18. The zero-order chi connectivity index (χ0) is 9.73. The first-order valence-corrected chi connectivity index (χ1v) is 5.74. The molecule has 1 atom stereocenters. The first-order valence-electron chi connectivity index (χ1n) is 4.24. The van der Waals surface area contributed by atoms with Gasteiger partial charge in [0.2, 0.25) is 0 Å². The van der Waals surface area contributed by atoms with E-state index in [0.29, 0.717) is 32.7 Å². The van der Waals surface area contributed by atoms with Crippen molar-refractivity contribution < 1.29 is 13.6 Å². The van der Waals surface area contributed by atoms with Gasteiger partial charge in [-0.3, -0.25) is 9.05 Å². The summed E-state index contributed by atoms with van der Waals surface area (Å²) in [5.41, 5.74) is 0. The summed E-state index contributed by atoms with van der Waals surface area (Å²) in [6.07, 6.45) is 0.348. The number of hydrogen-bond donors (Lipinski definition) is 0. The van der Waals surface area contributed by atoms with Gasteiger partial charge < -0.3 is 0 Å². The van der Waals surface area contributed by atoms with Crippen molar-refractivity contribution in [2.75, 3.05) is 26.3 Å². The molecule has 0 N–H and O–H groups in total. The molecule has 13 heavy (non-hydrogen) atoms. The zero-order valence-corrected chi connectivity index (χ0v) is 8.50. The molecule has 0 aromatic carbocycles. The molecule has 1 saturated heterocycles. The van der Waals surface area contributed by atoms with E-state index in [-0.39, 0.29) is 0 Å². The van der Waals surface area contributed by atoms with Gasteiger partial charge in [0, 0.05) is 19.5 Å². The molecule has 1 fully saturated rings. The van der Waals surface area contributed by atoms with E-state index in [4.69, 9.17) is 14.3 Å². The standard InChI is InChI=1S/C7H13N2O3P/c1-2-11-13(10)9(5-3-4-8)6-7-12-13/h2-3,5-7H2,1H3. The SMILES string of the molecule is CCOP1(=O)OCCN1CCC#N. The zero-order valence-electron chi connectivity index (χ0n) is 7.60. The predicted octanol–water partition coefficient (Wildman–Crippen LogP) is 1.38. The van der Waals surface area contributed by atoms with Crippen LogP contribution >= 0.6 is 7.75 Å². The second-order valence-corrected chi connectivity index (χ2v) is 4.60. The van der Waals surface area contributed by atoms with E-state index in [0.717, 1.165) is 0 Å². The maximum atomic E-state index is 11.8. The minimum atomic E-state index is -3.03. The number of nitrogens with zero attached hydrogens (tertiary/aromatic N) is 2. The monoisotopic (exact) mass is 204 g/mol. The normalized spacial score (nSPS) is 28.9. The minimum absolute atomic E-state index is 0.348. The van der Waals surface area contributed by atoms with Crippen LogP contribution in [0.3, 0.4) is 0 Å². The van der Waals surface area contributed by atoms with E-state index in [1.807, 2.05) is 6.07 Å². The van der Waals surface area contributed by atoms with Crippen molar-refractivity contribution in [3.05, 3.63) is 0 Å². The fourth-order valence-electron chi connectivity index (χ4n) is 1.16. The Labute approximate surface area is 77.8 Å². The summed E-state index contributed by atoms with van der Waals surface area (Å²) in [7, 11) is -3.03. The van der Waals surface area contributed by atoms with Gasteiger partial charge in [0.25, 0.3) is 0 Å². The fourth-order valence-corrected chi connectivity index (χ4v) is 2.87. The molecule has 1 heterocycles. The molecule has 0 radical (unpaired) electrons. The summed E-state index contributed by atoms with van der Waals surface area (Å²) in [6.45, 7) is 3.58. The van der Waals surface area contributed by atoms with Gasteiger partial charge in [-0.15, -0.1) is 0 Å². The smallest absolute Gasteiger partial charge is 0.297 e. The van der Waals surface area contributed by atoms with Crippen molar-refractivity contribution in [3.63, 3.8) is 0 Å². The van der Waals surface area contributed by atoms with E-state index in [2.05, 4.69) is 0 Å². The highest BCUT2D eigenvalue weighted by Gasteiger charge is 2.38. The molecule has 0 aliphatic carbocycles. The average Bonchev–Trinajstić information content (AvgIpc) is 2.44. The average molecular weight is 204 g/mol. The van der Waals surface area contributed by atoms with Crippen LogP contribution in [0.5, 0.6) is 0 Å². The Morgan fingerprint density at radius 2 is 2.54 bits per heavy atom. The van der Waals surface area contributed by atoms with Crippen LogP contribution in [0.4, 0.5) is 0 Å². The minimum Gasteiger partial charge on any atom is -0.297 e. The van der Waals surface area contributed by atoms with Crippen LogP contribution in [-0.2, 0) is 13.6 Å². The maximum absolute atomic E-state index is 11.8. The van der Waals surface area contributed by atoms with Gasteiger partial charge in [0.15, 0.2) is 0 Å². The highest BCUT2D eigenvalue weighted by Crippen LogP contribution is 2.55. The van der Waals surface area contributed by atoms with Crippen molar-refractivity contribution in [1.29, 1.82) is 5.26 Å². The Morgan fingerprint density at radius 3 is 3.15 bits per heavy atom. The van der Waals surface area contributed by atoms with Crippen LogP contribution in [-0.4, -0.2) is 31.0 Å². The van der Waals surface area contributed by atoms with Crippen molar-refractivity contribution >= 4 is 7.75 Å². The number of hydrogen-bond acceptors (Lipinski definition) is 4. The molecule has 74 valence electrons. The van der Waals surface area contributed by atoms with Crippen LogP contribution in [0.15, 0.2) is 0 Å². The van der Waals surface area contributed by atoms with Crippen LogP contribution in [0.1, 0.15) is 13.3 Å². The molecule has 0 saturated carbocycles. The topological polar surface area (TPSA) is 62.6 Å². The lowest BCUT2D eigenvalue weighted by molar-refractivity contribution is 0.223. The van der Waals surface area contributed by atoms with E-state index in [9.17, 15) is 4.57 Å². The third-order valence-electron chi connectivity index (χ3n) is 1.72. The summed E-state index contributed by atoms with van der Waals surface area (Å²) >= 11 is 0. The molecule has 0 aromatic rings. The molecule has 0 aromatic heterocycles. The van der Waals surface area contributed by atoms with Crippen LogP contribution in [0, 0.1) is 11.3 Å². The van der Waals surface area contributed by atoms with Gasteiger partial charge in [0.1, 0.15) is 0 Å². The van der Waals surface area contributed by atoms with Gasteiger partial charge in [-0.1, -0.05) is 0 Å². The highest BCUT2D eigenvalue weighted by molar-refractivity contribution is 7.51.